The van der Waals surface area contributed by atoms with Crippen molar-refractivity contribution in [2.45, 2.75) is 33.3 Å². The largest absolute Gasteiger partial charge is 0.389 e. The molecule has 100 valence electrons. The van der Waals surface area contributed by atoms with Crippen molar-refractivity contribution in [1.82, 2.24) is 0 Å². The summed E-state index contributed by atoms with van der Waals surface area (Å²) in [6, 6.07) is 4.71. The van der Waals surface area contributed by atoms with Crippen molar-refractivity contribution in [1.29, 1.82) is 0 Å². The Morgan fingerprint density at radius 1 is 1.33 bits per heavy atom. The van der Waals surface area contributed by atoms with Crippen molar-refractivity contribution in [3.05, 3.63) is 29.6 Å². The van der Waals surface area contributed by atoms with Gasteiger partial charge in [-0.05, 0) is 43.4 Å². The fourth-order valence-corrected chi connectivity index (χ4v) is 2.63. The fourth-order valence-electron chi connectivity index (χ4n) is 2.63. The molecule has 1 fully saturated rings. The van der Waals surface area contributed by atoms with Gasteiger partial charge in [0.25, 0.3) is 0 Å². The molecule has 0 spiro atoms. The standard InChI is InChI=1S/C15H22FNO/c1-10-6-7-17(9-11(10)2)15-5-4-13(16)8-14(15)12(3)18/h4-5,8,10-12,18H,6-7,9H2,1-3H3/t10?,11?,12-/m0/s1. The predicted octanol–water partition coefficient (Wildman–Crippen LogP) is 3.36. The maximum absolute atomic E-state index is 13.3. The Morgan fingerprint density at radius 2 is 2.06 bits per heavy atom. The first kappa shape index (κ1) is 13.3. The van der Waals surface area contributed by atoms with E-state index >= 15 is 0 Å². The number of hydrogen-bond acceptors (Lipinski definition) is 2. The molecule has 18 heavy (non-hydrogen) atoms. The molecule has 1 N–H and O–H groups in total. The molecule has 2 unspecified atom stereocenters. The van der Waals surface area contributed by atoms with Gasteiger partial charge in [0, 0.05) is 24.3 Å². The van der Waals surface area contributed by atoms with Crippen molar-refractivity contribution in [2.75, 3.05) is 18.0 Å². The summed E-state index contributed by atoms with van der Waals surface area (Å²) in [7, 11) is 0. The SMILES string of the molecule is CC1CCN(c2ccc(F)cc2[C@H](C)O)CC1C. The summed E-state index contributed by atoms with van der Waals surface area (Å²) in [5.74, 6) is 1.08. The minimum atomic E-state index is -0.634. The van der Waals surface area contributed by atoms with Gasteiger partial charge in [-0.3, -0.25) is 0 Å². The summed E-state index contributed by atoms with van der Waals surface area (Å²) in [6.45, 7) is 8.18. The maximum Gasteiger partial charge on any atom is 0.123 e. The number of aliphatic hydroxyl groups excluding tert-OH is 1. The topological polar surface area (TPSA) is 23.5 Å². The lowest BCUT2D eigenvalue weighted by atomic mass is 9.88. The highest BCUT2D eigenvalue weighted by atomic mass is 19.1. The third-order valence-corrected chi connectivity index (χ3v) is 4.11. The van der Waals surface area contributed by atoms with Crippen LogP contribution in [-0.2, 0) is 0 Å². The third kappa shape index (κ3) is 2.66. The zero-order valence-electron chi connectivity index (χ0n) is 11.4. The predicted molar refractivity (Wildman–Crippen MR) is 72.2 cm³/mol. The molecule has 1 aliphatic rings. The Bertz CT molecular complexity index is 419. The quantitative estimate of drug-likeness (QED) is 0.871. The van der Waals surface area contributed by atoms with E-state index in [1.165, 1.54) is 12.1 Å². The van der Waals surface area contributed by atoms with Gasteiger partial charge < -0.3 is 10.0 Å². The lowest BCUT2D eigenvalue weighted by Crippen LogP contribution is -2.39. The van der Waals surface area contributed by atoms with Crippen LogP contribution in [0.5, 0.6) is 0 Å². The van der Waals surface area contributed by atoms with Gasteiger partial charge in [-0.2, -0.15) is 0 Å². The lowest BCUT2D eigenvalue weighted by Gasteiger charge is -2.38. The summed E-state index contributed by atoms with van der Waals surface area (Å²) < 4.78 is 13.3. The molecule has 2 nitrogen and oxygen atoms in total. The third-order valence-electron chi connectivity index (χ3n) is 4.11. The zero-order chi connectivity index (χ0) is 13.3. The van der Waals surface area contributed by atoms with E-state index in [-0.39, 0.29) is 5.82 Å². The fraction of sp³-hybridized carbons (Fsp3) is 0.600. The Labute approximate surface area is 108 Å². The summed E-state index contributed by atoms with van der Waals surface area (Å²) in [5.41, 5.74) is 1.67. The van der Waals surface area contributed by atoms with Crippen LogP contribution in [-0.4, -0.2) is 18.2 Å². The number of aliphatic hydroxyl groups is 1. The Balaban J connectivity index is 2.28. The summed E-state index contributed by atoms with van der Waals surface area (Å²) in [5, 5.41) is 9.78. The van der Waals surface area contributed by atoms with Crippen LogP contribution < -0.4 is 4.90 Å². The van der Waals surface area contributed by atoms with Crippen LogP contribution in [0.2, 0.25) is 0 Å². The Morgan fingerprint density at radius 3 is 2.67 bits per heavy atom. The average molecular weight is 251 g/mol. The molecule has 1 heterocycles. The minimum Gasteiger partial charge on any atom is -0.389 e. The molecule has 1 saturated heterocycles. The van der Waals surface area contributed by atoms with Crippen LogP contribution in [0.1, 0.15) is 38.9 Å². The van der Waals surface area contributed by atoms with Crippen LogP contribution in [0.3, 0.4) is 0 Å². The number of nitrogens with zero attached hydrogens (tertiary/aromatic N) is 1. The highest BCUT2D eigenvalue weighted by Gasteiger charge is 2.25. The summed E-state index contributed by atoms with van der Waals surface area (Å²) in [4.78, 5) is 2.27. The van der Waals surface area contributed by atoms with Gasteiger partial charge >= 0.3 is 0 Å². The molecule has 0 aliphatic carbocycles. The van der Waals surface area contributed by atoms with E-state index in [0.717, 1.165) is 31.1 Å². The number of hydrogen-bond donors (Lipinski definition) is 1. The first-order valence-electron chi connectivity index (χ1n) is 6.71. The van der Waals surface area contributed by atoms with Gasteiger partial charge in [-0.25, -0.2) is 4.39 Å². The van der Waals surface area contributed by atoms with E-state index in [0.29, 0.717) is 11.5 Å². The van der Waals surface area contributed by atoms with E-state index in [1.54, 1.807) is 13.0 Å². The van der Waals surface area contributed by atoms with Gasteiger partial charge in [-0.15, -0.1) is 0 Å². The molecule has 0 amide bonds. The molecular formula is C15H22FNO. The summed E-state index contributed by atoms with van der Waals surface area (Å²) in [6.07, 6.45) is 0.517. The van der Waals surface area contributed by atoms with E-state index in [2.05, 4.69) is 18.7 Å². The molecule has 0 bridgehead atoms. The number of piperidine rings is 1. The van der Waals surface area contributed by atoms with Crippen LogP contribution in [0.25, 0.3) is 0 Å². The number of benzene rings is 1. The van der Waals surface area contributed by atoms with Crippen LogP contribution >= 0.6 is 0 Å². The van der Waals surface area contributed by atoms with Gasteiger partial charge in [0.05, 0.1) is 6.10 Å². The van der Waals surface area contributed by atoms with Crippen molar-refractivity contribution in [2.24, 2.45) is 11.8 Å². The minimum absolute atomic E-state index is 0.284. The first-order chi connectivity index (χ1) is 8.49. The highest BCUT2D eigenvalue weighted by molar-refractivity contribution is 5.55. The molecule has 1 aromatic rings. The highest BCUT2D eigenvalue weighted by Crippen LogP contribution is 2.32. The number of halogens is 1. The van der Waals surface area contributed by atoms with Gasteiger partial charge in [-0.1, -0.05) is 13.8 Å². The van der Waals surface area contributed by atoms with Crippen LogP contribution in [0.4, 0.5) is 10.1 Å². The van der Waals surface area contributed by atoms with E-state index in [4.69, 9.17) is 0 Å². The molecule has 1 aromatic carbocycles. The normalized spacial score (nSPS) is 26.2. The number of rotatable bonds is 2. The number of anilines is 1. The van der Waals surface area contributed by atoms with Crippen molar-refractivity contribution >= 4 is 5.69 Å². The zero-order valence-corrected chi connectivity index (χ0v) is 11.4. The van der Waals surface area contributed by atoms with E-state index < -0.39 is 6.10 Å². The van der Waals surface area contributed by atoms with Crippen molar-refractivity contribution in [3.8, 4) is 0 Å². The maximum atomic E-state index is 13.3. The molecule has 1 aliphatic heterocycles. The molecule has 0 radical (unpaired) electrons. The van der Waals surface area contributed by atoms with Crippen LogP contribution in [0.15, 0.2) is 18.2 Å². The van der Waals surface area contributed by atoms with Gasteiger partial charge in [0.15, 0.2) is 0 Å². The van der Waals surface area contributed by atoms with Crippen molar-refractivity contribution in [3.63, 3.8) is 0 Å². The van der Waals surface area contributed by atoms with Crippen LogP contribution in [0, 0.1) is 17.7 Å². The molecule has 3 heteroatoms. The van der Waals surface area contributed by atoms with Gasteiger partial charge in [0.2, 0.25) is 0 Å². The van der Waals surface area contributed by atoms with Gasteiger partial charge in [0.1, 0.15) is 5.82 Å². The van der Waals surface area contributed by atoms with Crippen molar-refractivity contribution < 1.29 is 9.50 Å². The molecule has 2 rings (SSSR count). The molecule has 0 aromatic heterocycles. The smallest absolute Gasteiger partial charge is 0.123 e. The molecule has 0 saturated carbocycles. The second kappa shape index (κ2) is 5.27. The molecular weight excluding hydrogens is 229 g/mol. The van der Waals surface area contributed by atoms with E-state index in [9.17, 15) is 9.50 Å². The second-order valence-corrected chi connectivity index (χ2v) is 5.57. The first-order valence-corrected chi connectivity index (χ1v) is 6.71. The molecule has 3 atom stereocenters. The lowest BCUT2D eigenvalue weighted by molar-refractivity contribution is 0.198. The van der Waals surface area contributed by atoms with E-state index in [1.807, 2.05) is 0 Å². The Hall–Kier alpha value is -1.09. The summed E-state index contributed by atoms with van der Waals surface area (Å²) >= 11 is 0. The average Bonchev–Trinajstić information content (AvgIpc) is 2.32. The second-order valence-electron chi connectivity index (χ2n) is 5.57. The Kier molecular flexibility index (Phi) is 3.91. The monoisotopic (exact) mass is 251 g/mol.